The molecule has 2 aromatic carbocycles. The minimum Gasteiger partial charge on any atom is -0.490 e. The van der Waals surface area contributed by atoms with Gasteiger partial charge in [-0.15, -0.1) is 0 Å². The van der Waals surface area contributed by atoms with Gasteiger partial charge in [0.1, 0.15) is 19.0 Å². The highest BCUT2D eigenvalue weighted by molar-refractivity contribution is 6.03. The number of para-hydroxylation sites is 1. The largest absolute Gasteiger partial charge is 0.490 e. The van der Waals surface area contributed by atoms with Crippen molar-refractivity contribution in [1.82, 2.24) is 4.98 Å². The Morgan fingerprint density at radius 1 is 1.09 bits per heavy atom. The van der Waals surface area contributed by atoms with Crippen molar-refractivity contribution in [3.63, 3.8) is 0 Å². The molecule has 4 heteroatoms. The average molecular weight is 295 g/mol. The van der Waals surface area contributed by atoms with E-state index in [0.717, 1.165) is 22.2 Å². The number of aryl methyl sites for hydroxylation is 1. The zero-order valence-electron chi connectivity index (χ0n) is 12.3. The molecule has 0 aliphatic rings. The van der Waals surface area contributed by atoms with Crippen LogP contribution >= 0.6 is 0 Å². The van der Waals surface area contributed by atoms with Crippen LogP contribution in [0.4, 0.5) is 0 Å². The molecule has 0 atom stereocenters. The molecule has 0 aliphatic carbocycles. The van der Waals surface area contributed by atoms with E-state index in [4.69, 9.17) is 9.47 Å². The van der Waals surface area contributed by atoms with E-state index in [0.29, 0.717) is 12.2 Å². The Morgan fingerprint density at radius 3 is 2.82 bits per heavy atom. The Balaban J connectivity index is 1.54. The molecule has 112 valence electrons. The summed E-state index contributed by atoms with van der Waals surface area (Å²) >= 11 is 0. The number of aromatic amines is 1. The van der Waals surface area contributed by atoms with Crippen LogP contribution in [0.25, 0.3) is 10.9 Å². The van der Waals surface area contributed by atoms with Gasteiger partial charge in [-0.05, 0) is 30.7 Å². The molecule has 22 heavy (non-hydrogen) atoms. The predicted molar refractivity (Wildman–Crippen MR) is 85.3 cm³/mol. The number of ether oxygens (including phenoxy) is 2. The summed E-state index contributed by atoms with van der Waals surface area (Å²) in [5.41, 5.74) is 2.60. The Bertz CT molecular complexity index is 792. The Labute approximate surface area is 128 Å². The number of aromatic nitrogens is 1. The van der Waals surface area contributed by atoms with E-state index in [1.54, 1.807) is 6.20 Å². The topological polar surface area (TPSA) is 51.3 Å². The Hall–Kier alpha value is -2.75. The lowest BCUT2D eigenvalue weighted by Gasteiger charge is -2.07. The SMILES string of the molecule is Cc1cccc(OCCOC(=O)c2c[nH]c3ccccc23)c1. The number of carbonyl (C=O) groups is 1. The van der Waals surface area contributed by atoms with Gasteiger partial charge in [0.2, 0.25) is 0 Å². The summed E-state index contributed by atoms with van der Waals surface area (Å²) < 4.78 is 10.8. The van der Waals surface area contributed by atoms with Gasteiger partial charge in [0.25, 0.3) is 0 Å². The monoisotopic (exact) mass is 295 g/mol. The Kier molecular flexibility index (Phi) is 4.10. The van der Waals surface area contributed by atoms with Crippen LogP contribution < -0.4 is 4.74 Å². The third-order valence-electron chi connectivity index (χ3n) is 3.38. The third-order valence-corrected chi connectivity index (χ3v) is 3.38. The fourth-order valence-corrected chi connectivity index (χ4v) is 2.32. The maximum atomic E-state index is 12.1. The molecule has 0 saturated heterocycles. The normalized spacial score (nSPS) is 10.6. The van der Waals surface area contributed by atoms with Gasteiger partial charge in [-0.3, -0.25) is 0 Å². The number of hydrogen-bond acceptors (Lipinski definition) is 3. The summed E-state index contributed by atoms with van der Waals surface area (Å²) in [6.07, 6.45) is 1.68. The van der Waals surface area contributed by atoms with Crippen molar-refractivity contribution >= 4 is 16.9 Å². The van der Waals surface area contributed by atoms with Crippen LogP contribution in [-0.4, -0.2) is 24.2 Å². The molecule has 4 nitrogen and oxygen atoms in total. The molecule has 1 aromatic heterocycles. The highest BCUT2D eigenvalue weighted by Crippen LogP contribution is 2.18. The summed E-state index contributed by atoms with van der Waals surface area (Å²) in [6, 6.07) is 15.4. The first kappa shape index (κ1) is 14.2. The van der Waals surface area contributed by atoms with Crippen molar-refractivity contribution in [3.8, 4) is 5.75 Å². The summed E-state index contributed by atoms with van der Waals surface area (Å²) in [5, 5.41) is 0.868. The zero-order valence-corrected chi connectivity index (χ0v) is 12.3. The maximum absolute atomic E-state index is 12.1. The van der Waals surface area contributed by atoms with Crippen molar-refractivity contribution in [2.24, 2.45) is 0 Å². The lowest BCUT2D eigenvalue weighted by molar-refractivity contribution is 0.0452. The first-order valence-electron chi connectivity index (χ1n) is 7.17. The molecular weight excluding hydrogens is 278 g/mol. The van der Waals surface area contributed by atoms with Gasteiger partial charge in [-0.2, -0.15) is 0 Å². The van der Waals surface area contributed by atoms with E-state index in [2.05, 4.69) is 4.98 Å². The molecule has 0 unspecified atom stereocenters. The summed E-state index contributed by atoms with van der Waals surface area (Å²) in [4.78, 5) is 15.1. The summed E-state index contributed by atoms with van der Waals surface area (Å²) in [7, 11) is 0. The molecule has 3 aromatic rings. The molecule has 3 rings (SSSR count). The number of nitrogens with one attached hydrogen (secondary N) is 1. The molecule has 0 aliphatic heterocycles. The Morgan fingerprint density at radius 2 is 1.95 bits per heavy atom. The fourth-order valence-electron chi connectivity index (χ4n) is 2.32. The van der Waals surface area contributed by atoms with Gasteiger partial charge < -0.3 is 14.5 Å². The maximum Gasteiger partial charge on any atom is 0.340 e. The quantitative estimate of drug-likeness (QED) is 0.576. The summed E-state index contributed by atoms with van der Waals surface area (Å²) in [5.74, 6) is 0.438. The molecule has 0 spiro atoms. The van der Waals surface area contributed by atoms with E-state index < -0.39 is 0 Å². The second-order valence-electron chi connectivity index (χ2n) is 5.05. The molecule has 0 amide bonds. The van der Waals surface area contributed by atoms with Crippen molar-refractivity contribution in [1.29, 1.82) is 0 Å². The van der Waals surface area contributed by atoms with Crippen LogP contribution in [0, 0.1) is 6.92 Å². The molecule has 1 heterocycles. The highest BCUT2D eigenvalue weighted by atomic mass is 16.6. The molecule has 0 saturated carbocycles. The standard InChI is InChI=1S/C18H17NO3/c1-13-5-4-6-14(11-13)21-9-10-22-18(20)16-12-19-17-8-3-2-7-15(16)17/h2-8,11-12,19H,9-10H2,1H3. The minimum absolute atomic E-state index is 0.215. The zero-order chi connectivity index (χ0) is 15.4. The lowest BCUT2D eigenvalue weighted by atomic mass is 10.2. The lowest BCUT2D eigenvalue weighted by Crippen LogP contribution is -2.12. The summed E-state index contributed by atoms with van der Waals surface area (Å²) in [6.45, 7) is 2.55. The second-order valence-corrected chi connectivity index (χ2v) is 5.05. The third kappa shape index (κ3) is 3.11. The predicted octanol–water partition coefficient (Wildman–Crippen LogP) is 3.71. The number of fused-ring (bicyclic) bond motifs is 1. The van der Waals surface area contributed by atoms with Crippen LogP contribution in [0.5, 0.6) is 5.75 Å². The van der Waals surface area contributed by atoms with E-state index >= 15 is 0 Å². The van der Waals surface area contributed by atoms with Crippen LogP contribution in [0.15, 0.2) is 54.7 Å². The number of carbonyl (C=O) groups excluding carboxylic acids is 1. The van der Waals surface area contributed by atoms with Crippen molar-refractivity contribution in [2.45, 2.75) is 6.92 Å². The van der Waals surface area contributed by atoms with Crippen molar-refractivity contribution in [2.75, 3.05) is 13.2 Å². The van der Waals surface area contributed by atoms with E-state index in [9.17, 15) is 4.79 Å². The number of hydrogen-bond donors (Lipinski definition) is 1. The second kappa shape index (κ2) is 6.35. The highest BCUT2D eigenvalue weighted by Gasteiger charge is 2.12. The van der Waals surface area contributed by atoms with Crippen LogP contribution in [-0.2, 0) is 4.74 Å². The number of H-pyrrole nitrogens is 1. The van der Waals surface area contributed by atoms with Crippen LogP contribution in [0.3, 0.4) is 0 Å². The first-order valence-corrected chi connectivity index (χ1v) is 7.17. The molecule has 0 radical (unpaired) electrons. The molecule has 1 N–H and O–H groups in total. The van der Waals surface area contributed by atoms with Crippen molar-refractivity contribution < 1.29 is 14.3 Å². The van der Waals surface area contributed by atoms with Gasteiger partial charge in [0.05, 0.1) is 5.56 Å². The van der Waals surface area contributed by atoms with E-state index in [1.165, 1.54) is 0 Å². The van der Waals surface area contributed by atoms with Gasteiger partial charge in [-0.1, -0.05) is 30.3 Å². The van der Waals surface area contributed by atoms with Crippen LogP contribution in [0.1, 0.15) is 15.9 Å². The average Bonchev–Trinajstić information content (AvgIpc) is 2.95. The van der Waals surface area contributed by atoms with Gasteiger partial charge in [-0.25, -0.2) is 4.79 Å². The van der Waals surface area contributed by atoms with Gasteiger partial charge >= 0.3 is 5.97 Å². The number of esters is 1. The van der Waals surface area contributed by atoms with Crippen LogP contribution in [0.2, 0.25) is 0 Å². The molecule has 0 fully saturated rings. The van der Waals surface area contributed by atoms with Gasteiger partial charge in [0.15, 0.2) is 0 Å². The van der Waals surface area contributed by atoms with Crippen molar-refractivity contribution in [3.05, 3.63) is 65.9 Å². The number of rotatable bonds is 5. The number of benzene rings is 2. The van der Waals surface area contributed by atoms with E-state index in [-0.39, 0.29) is 12.6 Å². The molecule has 0 bridgehead atoms. The fraction of sp³-hybridized carbons (Fsp3) is 0.167. The minimum atomic E-state index is -0.342. The smallest absolute Gasteiger partial charge is 0.340 e. The molecular formula is C18H17NO3. The first-order chi connectivity index (χ1) is 10.7. The van der Waals surface area contributed by atoms with E-state index in [1.807, 2.05) is 55.5 Å². The van der Waals surface area contributed by atoms with Gasteiger partial charge in [0, 0.05) is 17.1 Å².